The van der Waals surface area contributed by atoms with Gasteiger partial charge in [0.25, 0.3) is 0 Å². The van der Waals surface area contributed by atoms with Crippen LogP contribution in [0.2, 0.25) is 0 Å². The number of alkyl halides is 3. The van der Waals surface area contributed by atoms with E-state index in [1.54, 1.807) is 13.0 Å². The molecule has 0 aliphatic heterocycles. The molecule has 0 spiro atoms. The van der Waals surface area contributed by atoms with Crippen molar-refractivity contribution in [2.75, 3.05) is 19.0 Å². The number of carbonyl (C=O) groups is 2. The summed E-state index contributed by atoms with van der Waals surface area (Å²) in [5.41, 5.74) is -0.940. The van der Waals surface area contributed by atoms with Crippen molar-refractivity contribution in [2.24, 2.45) is 0 Å². The van der Waals surface area contributed by atoms with Crippen molar-refractivity contribution in [3.8, 4) is 5.75 Å². The van der Waals surface area contributed by atoms with Crippen molar-refractivity contribution in [2.45, 2.75) is 18.9 Å². The number of rotatable bonds is 6. The zero-order valence-corrected chi connectivity index (χ0v) is 15.5. The lowest BCUT2D eigenvalue weighted by atomic mass is 9.95. The van der Waals surface area contributed by atoms with Gasteiger partial charge in [-0.15, -0.1) is 13.2 Å². The van der Waals surface area contributed by atoms with Gasteiger partial charge in [0.2, 0.25) is 0 Å². The van der Waals surface area contributed by atoms with Crippen molar-refractivity contribution in [3.63, 3.8) is 0 Å². The summed E-state index contributed by atoms with van der Waals surface area (Å²) in [5, 5.41) is 4.58. The second-order valence-electron chi connectivity index (χ2n) is 6.12. The lowest BCUT2D eigenvalue weighted by Crippen LogP contribution is -2.44. The fraction of sp³-hybridized carbons (Fsp3) is 0.263. The molecule has 0 saturated carbocycles. The Kier molecular flexibility index (Phi) is 6.80. The maximum atomic E-state index is 14.0. The molecule has 2 aromatic carbocycles. The van der Waals surface area contributed by atoms with Crippen LogP contribution >= 0.6 is 0 Å². The van der Waals surface area contributed by atoms with Gasteiger partial charge in [0.15, 0.2) is 0 Å². The Balaban J connectivity index is 1.96. The van der Waals surface area contributed by atoms with Gasteiger partial charge >= 0.3 is 18.2 Å². The third kappa shape index (κ3) is 6.18. The van der Waals surface area contributed by atoms with Gasteiger partial charge < -0.3 is 20.1 Å². The summed E-state index contributed by atoms with van der Waals surface area (Å²) in [4.78, 5) is 24.0. The minimum atomic E-state index is -4.84. The average molecular weight is 414 g/mol. The van der Waals surface area contributed by atoms with E-state index in [1.807, 2.05) is 0 Å². The van der Waals surface area contributed by atoms with Crippen LogP contribution in [0.5, 0.6) is 5.75 Å². The van der Waals surface area contributed by atoms with Crippen molar-refractivity contribution < 1.29 is 36.6 Å². The Morgan fingerprint density at radius 2 is 1.62 bits per heavy atom. The van der Waals surface area contributed by atoms with Gasteiger partial charge in [0.05, 0.1) is 6.54 Å². The largest absolute Gasteiger partial charge is 0.573 e. The monoisotopic (exact) mass is 414 g/mol. The average Bonchev–Trinajstić information content (AvgIpc) is 2.66. The van der Waals surface area contributed by atoms with E-state index in [-0.39, 0.29) is 17.8 Å². The fourth-order valence-electron chi connectivity index (χ4n) is 2.42. The first kappa shape index (κ1) is 22.2. The summed E-state index contributed by atoms with van der Waals surface area (Å²) in [6.07, 6.45) is -4.84. The van der Waals surface area contributed by atoms with Gasteiger partial charge in [-0.05, 0) is 37.3 Å². The lowest BCUT2D eigenvalue weighted by Gasteiger charge is -2.29. The summed E-state index contributed by atoms with van der Waals surface area (Å²) in [6.45, 7) is 1.35. The van der Waals surface area contributed by atoms with Crippen LogP contribution in [0, 0.1) is 5.82 Å². The predicted octanol–water partition coefficient (Wildman–Crippen LogP) is 3.34. The van der Waals surface area contributed by atoms with Gasteiger partial charge in [0.1, 0.15) is 17.2 Å². The minimum Gasteiger partial charge on any atom is -0.406 e. The Morgan fingerprint density at radius 1 is 1.00 bits per heavy atom. The molecule has 0 aliphatic rings. The second-order valence-corrected chi connectivity index (χ2v) is 6.12. The molecule has 2 N–H and O–H groups in total. The summed E-state index contributed by atoms with van der Waals surface area (Å²) in [7, 11) is 1.34. The second kappa shape index (κ2) is 8.91. The van der Waals surface area contributed by atoms with Gasteiger partial charge in [-0.3, -0.25) is 9.59 Å². The van der Waals surface area contributed by atoms with Crippen LogP contribution in [0.4, 0.5) is 23.2 Å². The Hall–Kier alpha value is -3.14. The highest BCUT2D eigenvalue weighted by Crippen LogP contribution is 2.26. The molecule has 0 saturated heterocycles. The van der Waals surface area contributed by atoms with Crippen LogP contribution in [-0.2, 0) is 19.9 Å². The summed E-state index contributed by atoms with van der Waals surface area (Å²) in [5.74, 6) is -3.08. The molecule has 0 unspecified atom stereocenters. The summed E-state index contributed by atoms with van der Waals surface area (Å²) >= 11 is 0. The molecule has 0 radical (unpaired) electrons. The van der Waals surface area contributed by atoms with Crippen molar-refractivity contribution >= 4 is 17.5 Å². The highest BCUT2D eigenvalue weighted by Gasteiger charge is 2.32. The maximum Gasteiger partial charge on any atom is 0.573 e. The van der Waals surface area contributed by atoms with E-state index < -0.39 is 35.3 Å². The van der Waals surface area contributed by atoms with Gasteiger partial charge in [0, 0.05) is 18.4 Å². The third-order valence-corrected chi connectivity index (χ3v) is 4.03. The number of carbonyl (C=O) groups excluding carboxylic acids is 2. The van der Waals surface area contributed by atoms with E-state index >= 15 is 0 Å². The lowest BCUT2D eigenvalue weighted by molar-refractivity contribution is -0.274. The zero-order chi connectivity index (χ0) is 21.7. The molecule has 2 amide bonds. The quantitative estimate of drug-likeness (QED) is 0.562. The molecule has 29 heavy (non-hydrogen) atoms. The van der Waals surface area contributed by atoms with E-state index in [1.165, 1.54) is 25.3 Å². The van der Waals surface area contributed by atoms with Crippen LogP contribution in [0.15, 0.2) is 48.5 Å². The van der Waals surface area contributed by atoms with E-state index in [4.69, 9.17) is 4.74 Å². The van der Waals surface area contributed by atoms with E-state index in [0.29, 0.717) is 0 Å². The molecule has 10 heteroatoms. The van der Waals surface area contributed by atoms with Crippen LogP contribution in [0.1, 0.15) is 12.5 Å². The number of amides is 2. The SMILES string of the molecule is CO[C@@](C)(CNC(=O)C(=O)Nc1ccc(OC(F)(F)F)cc1)c1ccccc1F. The van der Waals surface area contributed by atoms with E-state index in [9.17, 15) is 27.2 Å². The first-order valence-corrected chi connectivity index (χ1v) is 8.29. The first-order valence-electron chi connectivity index (χ1n) is 8.29. The van der Waals surface area contributed by atoms with Crippen LogP contribution in [-0.4, -0.2) is 31.8 Å². The Morgan fingerprint density at radius 3 is 2.17 bits per heavy atom. The number of ether oxygens (including phenoxy) is 2. The molecule has 0 aliphatic carbocycles. The molecular formula is C19H18F4N2O4. The van der Waals surface area contributed by atoms with Crippen LogP contribution in [0.25, 0.3) is 0 Å². The third-order valence-electron chi connectivity index (χ3n) is 4.03. The minimum absolute atomic E-state index is 0.0864. The Labute approximate surface area is 163 Å². The summed E-state index contributed by atoms with van der Waals surface area (Å²) < 4.78 is 59.5. The van der Waals surface area contributed by atoms with Gasteiger partial charge in [-0.1, -0.05) is 18.2 Å². The molecule has 0 heterocycles. The molecule has 2 rings (SSSR count). The maximum absolute atomic E-state index is 14.0. The van der Waals surface area contributed by atoms with Gasteiger partial charge in [-0.2, -0.15) is 0 Å². The molecule has 0 fully saturated rings. The molecule has 1 atom stereocenters. The number of hydrogen-bond acceptors (Lipinski definition) is 4. The number of hydrogen-bond donors (Lipinski definition) is 2. The van der Waals surface area contributed by atoms with Crippen LogP contribution in [0.3, 0.4) is 0 Å². The molecule has 6 nitrogen and oxygen atoms in total. The number of nitrogens with one attached hydrogen (secondary N) is 2. The normalized spacial score (nSPS) is 13.3. The first-order chi connectivity index (χ1) is 13.5. The standard InChI is InChI=1S/C19H18F4N2O4/c1-18(28-2,14-5-3-4-6-15(14)20)11-24-16(26)17(27)25-12-7-9-13(10-8-12)29-19(21,22)23/h3-10H,11H2,1-2H3,(H,24,26)(H,25,27)/t18-/m0/s1. The van der Waals surface area contributed by atoms with Crippen molar-refractivity contribution in [3.05, 3.63) is 59.9 Å². The molecular weight excluding hydrogens is 396 g/mol. The number of methoxy groups -OCH3 is 1. The summed E-state index contributed by atoms with van der Waals surface area (Å²) in [6, 6.07) is 10.1. The number of anilines is 1. The molecule has 156 valence electrons. The topological polar surface area (TPSA) is 76.7 Å². The van der Waals surface area contributed by atoms with Gasteiger partial charge in [-0.25, -0.2) is 4.39 Å². The fourth-order valence-corrected chi connectivity index (χ4v) is 2.42. The molecule has 0 bridgehead atoms. The molecule has 0 aromatic heterocycles. The molecule has 2 aromatic rings. The predicted molar refractivity (Wildman–Crippen MR) is 95.5 cm³/mol. The van der Waals surface area contributed by atoms with E-state index in [0.717, 1.165) is 24.3 Å². The zero-order valence-electron chi connectivity index (χ0n) is 15.5. The van der Waals surface area contributed by atoms with E-state index in [2.05, 4.69) is 15.4 Å². The smallest absolute Gasteiger partial charge is 0.406 e. The highest BCUT2D eigenvalue weighted by atomic mass is 19.4. The van der Waals surface area contributed by atoms with Crippen molar-refractivity contribution in [1.29, 1.82) is 0 Å². The Bertz CT molecular complexity index is 871. The van der Waals surface area contributed by atoms with Crippen LogP contribution < -0.4 is 15.4 Å². The highest BCUT2D eigenvalue weighted by molar-refractivity contribution is 6.39. The number of benzene rings is 2. The number of halogens is 4. The van der Waals surface area contributed by atoms with Crippen molar-refractivity contribution in [1.82, 2.24) is 5.32 Å².